The van der Waals surface area contributed by atoms with E-state index in [0.29, 0.717) is 12.4 Å². The van der Waals surface area contributed by atoms with Crippen molar-refractivity contribution in [1.82, 2.24) is 4.90 Å². The number of benzene rings is 1. The minimum atomic E-state index is -2.41. The molecule has 0 aromatic heterocycles. The third-order valence-electron chi connectivity index (χ3n) is 3.47. The van der Waals surface area contributed by atoms with Crippen LogP contribution in [0.25, 0.3) is 0 Å². The summed E-state index contributed by atoms with van der Waals surface area (Å²) < 4.78 is 30.3. The maximum Gasteiger partial charge on any atom is 0.263 e. The molecule has 1 saturated heterocycles. The predicted octanol–water partition coefficient (Wildman–Crippen LogP) is 3.88. The van der Waals surface area contributed by atoms with Gasteiger partial charge >= 0.3 is 0 Å². The van der Waals surface area contributed by atoms with Crippen molar-refractivity contribution < 1.29 is 13.5 Å². The molecular formula is C15H21F2NO. The Labute approximate surface area is 113 Å². The second-order valence-electron chi connectivity index (χ2n) is 4.97. The summed E-state index contributed by atoms with van der Waals surface area (Å²) in [6.07, 6.45) is 2.53. The Morgan fingerprint density at radius 2 is 1.74 bits per heavy atom. The van der Waals surface area contributed by atoms with Crippen LogP contribution in [0, 0.1) is 0 Å². The lowest BCUT2D eigenvalue weighted by molar-refractivity contribution is 0.151. The van der Waals surface area contributed by atoms with E-state index in [1.54, 1.807) is 12.1 Å². The molecule has 1 heterocycles. The van der Waals surface area contributed by atoms with Crippen LogP contribution < -0.4 is 4.74 Å². The normalized spacial score (nSPS) is 16.8. The molecule has 0 bridgehead atoms. The molecule has 1 aromatic carbocycles. The number of alkyl halides is 2. The van der Waals surface area contributed by atoms with Gasteiger partial charge in [-0.05, 0) is 56.6 Å². The SMILES string of the molecule is FC(F)c1ccc(OCCCN2CCCCC2)cc1. The van der Waals surface area contributed by atoms with E-state index in [1.165, 1.54) is 44.5 Å². The molecule has 1 aliphatic heterocycles. The van der Waals surface area contributed by atoms with Gasteiger partial charge in [0.05, 0.1) is 6.61 Å². The first-order valence-corrected chi connectivity index (χ1v) is 6.99. The van der Waals surface area contributed by atoms with E-state index in [2.05, 4.69) is 4.90 Å². The second-order valence-corrected chi connectivity index (χ2v) is 4.97. The molecule has 0 saturated carbocycles. The first-order chi connectivity index (χ1) is 9.25. The monoisotopic (exact) mass is 269 g/mol. The Morgan fingerprint density at radius 3 is 2.37 bits per heavy atom. The molecule has 0 amide bonds. The fourth-order valence-electron chi connectivity index (χ4n) is 2.37. The number of hydrogen-bond donors (Lipinski definition) is 0. The molecule has 0 spiro atoms. The molecule has 0 atom stereocenters. The van der Waals surface area contributed by atoms with Gasteiger partial charge in [-0.1, -0.05) is 6.42 Å². The van der Waals surface area contributed by atoms with Gasteiger partial charge in [-0.15, -0.1) is 0 Å². The van der Waals surface area contributed by atoms with E-state index >= 15 is 0 Å². The second kappa shape index (κ2) is 7.43. The smallest absolute Gasteiger partial charge is 0.263 e. The van der Waals surface area contributed by atoms with Gasteiger partial charge < -0.3 is 9.64 Å². The zero-order valence-corrected chi connectivity index (χ0v) is 11.2. The van der Waals surface area contributed by atoms with Crippen LogP contribution in [0.1, 0.15) is 37.7 Å². The summed E-state index contributed by atoms with van der Waals surface area (Å²) in [6, 6.07) is 6.07. The first-order valence-electron chi connectivity index (χ1n) is 6.99. The minimum Gasteiger partial charge on any atom is -0.494 e. The number of nitrogens with zero attached hydrogens (tertiary/aromatic N) is 1. The Bertz CT molecular complexity index is 361. The Balaban J connectivity index is 1.64. The van der Waals surface area contributed by atoms with Crippen molar-refractivity contribution in [1.29, 1.82) is 0 Å². The van der Waals surface area contributed by atoms with Gasteiger partial charge in [0, 0.05) is 12.1 Å². The average molecular weight is 269 g/mol. The van der Waals surface area contributed by atoms with Gasteiger partial charge in [0.1, 0.15) is 5.75 Å². The van der Waals surface area contributed by atoms with Crippen molar-refractivity contribution in [2.45, 2.75) is 32.1 Å². The van der Waals surface area contributed by atoms with E-state index in [4.69, 9.17) is 4.74 Å². The van der Waals surface area contributed by atoms with Gasteiger partial charge in [0.25, 0.3) is 6.43 Å². The average Bonchev–Trinajstić information content (AvgIpc) is 2.45. The van der Waals surface area contributed by atoms with Crippen molar-refractivity contribution >= 4 is 0 Å². The van der Waals surface area contributed by atoms with Crippen molar-refractivity contribution in [2.24, 2.45) is 0 Å². The van der Waals surface area contributed by atoms with Crippen molar-refractivity contribution in [3.8, 4) is 5.75 Å². The fourth-order valence-corrected chi connectivity index (χ4v) is 2.37. The number of ether oxygens (including phenoxy) is 1. The number of likely N-dealkylation sites (tertiary alicyclic amines) is 1. The molecule has 1 aromatic rings. The highest BCUT2D eigenvalue weighted by atomic mass is 19.3. The van der Waals surface area contributed by atoms with Gasteiger partial charge in [0.2, 0.25) is 0 Å². The topological polar surface area (TPSA) is 12.5 Å². The van der Waals surface area contributed by atoms with Crippen LogP contribution in [-0.2, 0) is 0 Å². The van der Waals surface area contributed by atoms with Crippen LogP contribution in [0.5, 0.6) is 5.75 Å². The molecule has 2 nitrogen and oxygen atoms in total. The molecule has 1 aliphatic rings. The van der Waals surface area contributed by atoms with E-state index in [1.807, 2.05) is 0 Å². The molecule has 0 unspecified atom stereocenters. The first kappa shape index (κ1) is 14.3. The Kier molecular flexibility index (Phi) is 5.58. The van der Waals surface area contributed by atoms with Gasteiger partial charge in [-0.25, -0.2) is 8.78 Å². The largest absolute Gasteiger partial charge is 0.494 e. The molecule has 2 rings (SSSR count). The quantitative estimate of drug-likeness (QED) is 0.727. The molecule has 106 valence electrons. The zero-order chi connectivity index (χ0) is 13.5. The summed E-state index contributed by atoms with van der Waals surface area (Å²) in [4.78, 5) is 2.47. The van der Waals surface area contributed by atoms with E-state index in [9.17, 15) is 8.78 Å². The summed E-state index contributed by atoms with van der Waals surface area (Å²) in [5, 5.41) is 0. The maximum atomic E-state index is 12.4. The summed E-state index contributed by atoms with van der Waals surface area (Å²) in [6.45, 7) is 4.10. The molecule has 0 radical (unpaired) electrons. The summed E-state index contributed by atoms with van der Waals surface area (Å²) in [5.41, 5.74) is 0.0423. The predicted molar refractivity (Wildman–Crippen MR) is 71.8 cm³/mol. The fraction of sp³-hybridized carbons (Fsp3) is 0.600. The number of halogens is 2. The van der Waals surface area contributed by atoms with Crippen LogP contribution in [-0.4, -0.2) is 31.1 Å². The van der Waals surface area contributed by atoms with Crippen molar-refractivity contribution in [3.63, 3.8) is 0 Å². The standard InChI is InChI=1S/C15H21F2NO/c16-15(17)13-5-7-14(8-6-13)19-12-4-11-18-9-2-1-3-10-18/h5-8,15H,1-4,9-12H2. The highest BCUT2D eigenvalue weighted by Crippen LogP contribution is 2.21. The van der Waals surface area contributed by atoms with Crippen LogP contribution in [0.15, 0.2) is 24.3 Å². The number of hydrogen-bond acceptors (Lipinski definition) is 2. The molecule has 1 fully saturated rings. The Hall–Kier alpha value is -1.16. The lowest BCUT2D eigenvalue weighted by Gasteiger charge is -2.26. The minimum absolute atomic E-state index is 0.0423. The van der Waals surface area contributed by atoms with Crippen LogP contribution >= 0.6 is 0 Å². The molecule has 0 N–H and O–H groups in total. The molecular weight excluding hydrogens is 248 g/mol. The van der Waals surface area contributed by atoms with Gasteiger partial charge in [-0.3, -0.25) is 0 Å². The third kappa shape index (κ3) is 4.78. The van der Waals surface area contributed by atoms with Crippen LogP contribution in [0.4, 0.5) is 8.78 Å². The van der Waals surface area contributed by atoms with E-state index in [0.717, 1.165) is 13.0 Å². The van der Waals surface area contributed by atoms with Gasteiger partial charge in [-0.2, -0.15) is 0 Å². The third-order valence-corrected chi connectivity index (χ3v) is 3.47. The van der Waals surface area contributed by atoms with Gasteiger partial charge in [0.15, 0.2) is 0 Å². The van der Waals surface area contributed by atoms with Crippen LogP contribution in [0.2, 0.25) is 0 Å². The summed E-state index contributed by atoms with van der Waals surface area (Å²) in [7, 11) is 0. The highest BCUT2D eigenvalue weighted by Gasteiger charge is 2.09. The Morgan fingerprint density at radius 1 is 1.05 bits per heavy atom. The number of rotatable bonds is 6. The lowest BCUT2D eigenvalue weighted by atomic mass is 10.1. The molecule has 19 heavy (non-hydrogen) atoms. The van der Waals surface area contributed by atoms with E-state index in [-0.39, 0.29) is 5.56 Å². The van der Waals surface area contributed by atoms with Crippen molar-refractivity contribution in [2.75, 3.05) is 26.2 Å². The molecule has 0 aliphatic carbocycles. The zero-order valence-electron chi connectivity index (χ0n) is 11.2. The van der Waals surface area contributed by atoms with Crippen LogP contribution in [0.3, 0.4) is 0 Å². The summed E-state index contributed by atoms with van der Waals surface area (Å²) >= 11 is 0. The summed E-state index contributed by atoms with van der Waals surface area (Å²) in [5.74, 6) is 0.669. The van der Waals surface area contributed by atoms with E-state index < -0.39 is 6.43 Å². The van der Waals surface area contributed by atoms with Crippen molar-refractivity contribution in [3.05, 3.63) is 29.8 Å². The maximum absolute atomic E-state index is 12.4. The number of piperidine rings is 1. The highest BCUT2D eigenvalue weighted by molar-refractivity contribution is 5.27. The molecule has 4 heteroatoms. The lowest BCUT2D eigenvalue weighted by Crippen LogP contribution is -2.31.